The molecule has 0 bridgehead atoms. The Morgan fingerprint density at radius 3 is 1.98 bits per heavy atom. The predicted octanol–water partition coefficient (Wildman–Crippen LogP) is -3.17. The van der Waals surface area contributed by atoms with E-state index in [4.69, 9.17) is 28.4 Å². The van der Waals surface area contributed by atoms with Gasteiger partial charge in [-0.15, -0.1) is 0 Å². The third kappa shape index (κ3) is 8.45. The van der Waals surface area contributed by atoms with Gasteiger partial charge in [0.25, 0.3) is 0 Å². The SMILES string of the molecule is C/C=C1/[C@H](O[C@H]2O[C@@H](CO)[C@H](O)[C@@H](O)[C@@H]2O)OC=C(C(=O)OCCc2ccc(O)cc2)[C@@H]1CC(=O)O[C@H]1O[C@@H](CO)[C@H](O)[C@@H](O)[C@@H]1O. The highest BCUT2D eigenvalue weighted by atomic mass is 16.8. The molecule has 0 spiro atoms. The van der Waals surface area contributed by atoms with Crippen LogP contribution in [0.15, 0.2) is 47.7 Å². The number of aromatic hydroxyl groups is 1. The summed E-state index contributed by atoms with van der Waals surface area (Å²) in [5.74, 6) is -3.06. The van der Waals surface area contributed by atoms with Gasteiger partial charge < -0.3 is 74.4 Å². The van der Waals surface area contributed by atoms with E-state index >= 15 is 0 Å². The number of rotatable bonds is 11. The number of carbonyl (C=O) groups excluding carboxylic acids is 2. The maximum atomic E-state index is 13.3. The molecule has 262 valence electrons. The Kier molecular flexibility index (Phi) is 12.7. The minimum Gasteiger partial charge on any atom is -0.508 e. The molecule has 17 nitrogen and oxygen atoms in total. The third-order valence-electron chi connectivity index (χ3n) is 8.07. The fourth-order valence-corrected chi connectivity index (χ4v) is 5.32. The van der Waals surface area contributed by atoms with Gasteiger partial charge in [-0.05, 0) is 24.6 Å². The molecule has 0 aliphatic carbocycles. The molecule has 9 N–H and O–H groups in total. The van der Waals surface area contributed by atoms with E-state index in [-0.39, 0.29) is 29.9 Å². The molecule has 0 unspecified atom stereocenters. The molecule has 3 heterocycles. The summed E-state index contributed by atoms with van der Waals surface area (Å²) in [6.07, 6.45) is -16.1. The number of esters is 2. The zero-order valence-corrected chi connectivity index (χ0v) is 25.2. The second-order valence-electron chi connectivity index (χ2n) is 11.2. The van der Waals surface area contributed by atoms with Crippen LogP contribution in [0.25, 0.3) is 0 Å². The number of aliphatic hydroxyl groups is 8. The van der Waals surface area contributed by atoms with Gasteiger partial charge in [-0.2, -0.15) is 0 Å². The molecule has 1 aromatic carbocycles. The summed E-state index contributed by atoms with van der Waals surface area (Å²) in [5, 5.41) is 89.6. The molecule has 0 radical (unpaired) electrons. The maximum absolute atomic E-state index is 13.3. The maximum Gasteiger partial charge on any atom is 0.337 e. The minimum atomic E-state index is -1.88. The highest BCUT2D eigenvalue weighted by Crippen LogP contribution is 2.37. The number of hydrogen-bond acceptors (Lipinski definition) is 17. The number of ether oxygens (including phenoxy) is 6. The first kappa shape index (κ1) is 36.6. The Morgan fingerprint density at radius 2 is 1.40 bits per heavy atom. The van der Waals surface area contributed by atoms with Gasteiger partial charge in [0.2, 0.25) is 12.6 Å². The number of aliphatic hydroxyl groups excluding tert-OH is 8. The highest BCUT2D eigenvalue weighted by molar-refractivity contribution is 5.91. The first-order valence-corrected chi connectivity index (χ1v) is 14.8. The van der Waals surface area contributed by atoms with Gasteiger partial charge in [-0.1, -0.05) is 18.2 Å². The molecule has 17 heteroatoms. The van der Waals surface area contributed by atoms with Gasteiger partial charge in [-0.3, -0.25) is 4.79 Å². The van der Waals surface area contributed by atoms with Gasteiger partial charge in [0.05, 0.1) is 38.1 Å². The number of benzene rings is 1. The van der Waals surface area contributed by atoms with Crippen LogP contribution in [0.5, 0.6) is 5.75 Å². The van der Waals surface area contributed by atoms with Crippen LogP contribution in [0.1, 0.15) is 18.9 Å². The molecule has 47 heavy (non-hydrogen) atoms. The summed E-state index contributed by atoms with van der Waals surface area (Å²) in [6.45, 7) is -0.0584. The molecule has 3 aliphatic rings. The van der Waals surface area contributed by atoms with Crippen LogP contribution < -0.4 is 0 Å². The fraction of sp³-hybridized carbons (Fsp3) is 0.600. The fourth-order valence-electron chi connectivity index (χ4n) is 5.32. The number of carbonyl (C=O) groups is 2. The Bertz CT molecular complexity index is 1260. The van der Waals surface area contributed by atoms with Crippen molar-refractivity contribution in [1.29, 1.82) is 0 Å². The predicted molar refractivity (Wildman–Crippen MR) is 152 cm³/mol. The van der Waals surface area contributed by atoms with Crippen molar-refractivity contribution in [3.8, 4) is 5.75 Å². The van der Waals surface area contributed by atoms with Gasteiger partial charge in [0.1, 0.15) is 54.6 Å². The molecule has 12 atom stereocenters. The summed E-state index contributed by atoms with van der Waals surface area (Å²) >= 11 is 0. The summed E-state index contributed by atoms with van der Waals surface area (Å²) in [6, 6.07) is 6.23. The normalized spacial score (nSPS) is 36.7. The van der Waals surface area contributed by atoms with Crippen molar-refractivity contribution in [1.82, 2.24) is 0 Å². The van der Waals surface area contributed by atoms with Crippen molar-refractivity contribution in [2.45, 2.75) is 87.5 Å². The van der Waals surface area contributed by atoms with Crippen LogP contribution >= 0.6 is 0 Å². The van der Waals surface area contributed by atoms with Crippen molar-refractivity contribution in [3.05, 3.63) is 53.3 Å². The van der Waals surface area contributed by atoms with E-state index in [0.717, 1.165) is 11.8 Å². The van der Waals surface area contributed by atoms with Gasteiger partial charge in [0.15, 0.2) is 6.29 Å². The second-order valence-corrected chi connectivity index (χ2v) is 11.2. The van der Waals surface area contributed by atoms with Crippen molar-refractivity contribution >= 4 is 11.9 Å². The van der Waals surface area contributed by atoms with E-state index in [2.05, 4.69) is 0 Å². The molecule has 1 aromatic rings. The van der Waals surface area contributed by atoms with E-state index in [1.54, 1.807) is 12.1 Å². The number of phenols is 1. The lowest BCUT2D eigenvalue weighted by Crippen LogP contribution is -2.60. The average molecular weight is 673 g/mol. The van der Waals surface area contributed by atoms with Crippen molar-refractivity contribution in [2.75, 3.05) is 19.8 Å². The summed E-state index contributed by atoms with van der Waals surface area (Å²) in [4.78, 5) is 26.5. The third-order valence-corrected chi connectivity index (χ3v) is 8.07. The number of phenolic OH excluding ortho intramolecular Hbond substituents is 1. The zero-order valence-electron chi connectivity index (χ0n) is 25.2. The van der Waals surface area contributed by atoms with Gasteiger partial charge in [-0.25, -0.2) is 4.79 Å². The van der Waals surface area contributed by atoms with Crippen LogP contribution in [-0.4, -0.2) is 145 Å². The molecule has 0 amide bonds. The van der Waals surface area contributed by atoms with Crippen molar-refractivity contribution in [3.63, 3.8) is 0 Å². The molecule has 0 aromatic heterocycles. The molecule has 0 saturated carbocycles. The minimum absolute atomic E-state index is 0.0630. The molecule has 4 rings (SSSR count). The smallest absolute Gasteiger partial charge is 0.337 e. The Hall–Kier alpha value is -3.20. The Balaban J connectivity index is 1.53. The van der Waals surface area contributed by atoms with Crippen molar-refractivity contribution in [2.24, 2.45) is 5.92 Å². The largest absolute Gasteiger partial charge is 0.508 e. The van der Waals surface area contributed by atoms with E-state index in [0.29, 0.717) is 0 Å². The monoisotopic (exact) mass is 672 g/mol. The first-order valence-electron chi connectivity index (χ1n) is 14.8. The lowest BCUT2D eigenvalue weighted by atomic mass is 9.86. The standard InChI is InChI=1S/C30H40O17/c1-2-15-16(9-20(34)46-29-25(39)23(37)21(35)18(10-31)44-29)17(27(41)42-8-7-13-3-5-14(33)6-4-13)12-43-28(15)47-30-26(40)24(38)22(36)19(11-32)45-30/h2-6,12,16,18-19,21-26,28-33,35-40H,7-11H2,1H3/b15-2+/t16-,18+,19+,21+,22+,23-,24-,25+,26+,28+,29-,30-/m1/s1. The van der Waals surface area contributed by atoms with E-state index in [9.17, 15) is 55.5 Å². The van der Waals surface area contributed by atoms with Crippen LogP contribution in [0.3, 0.4) is 0 Å². The lowest BCUT2D eigenvalue weighted by molar-refractivity contribution is -0.327. The Morgan fingerprint density at radius 1 is 0.830 bits per heavy atom. The quantitative estimate of drug-likeness (QED) is 0.0828. The molecular formula is C30H40O17. The van der Waals surface area contributed by atoms with Crippen LogP contribution in [0.2, 0.25) is 0 Å². The van der Waals surface area contributed by atoms with Gasteiger partial charge >= 0.3 is 11.9 Å². The topological polar surface area (TPSA) is 272 Å². The van der Waals surface area contributed by atoms with Gasteiger partial charge in [0, 0.05) is 17.9 Å². The first-order chi connectivity index (χ1) is 22.4. The molecule has 2 fully saturated rings. The van der Waals surface area contributed by atoms with Crippen LogP contribution in [0.4, 0.5) is 0 Å². The lowest BCUT2D eigenvalue weighted by Gasteiger charge is -2.42. The molecule has 3 aliphatic heterocycles. The number of allylic oxidation sites excluding steroid dienone is 1. The number of hydrogen-bond donors (Lipinski definition) is 9. The summed E-state index contributed by atoms with van der Waals surface area (Å²) in [5.41, 5.74) is 0.718. The highest BCUT2D eigenvalue weighted by Gasteiger charge is 2.48. The molecule has 2 saturated heterocycles. The van der Waals surface area contributed by atoms with E-state index < -0.39 is 105 Å². The summed E-state index contributed by atoms with van der Waals surface area (Å²) < 4.78 is 32.7. The average Bonchev–Trinajstić information content (AvgIpc) is 3.06. The second kappa shape index (κ2) is 16.3. The zero-order chi connectivity index (χ0) is 34.4. The summed E-state index contributed by atoms with van der Waals surface area (Å²) in [7, 11) is 0. The van der Waals surface area contributed by atoms with Crippen molar-refractivity contribution < 1.29 is 84.0 Å². The van der Waals surface area contributed by atoms with E-state index in [1.165, 1.54) is 25.1 Å². The van der Waals surface area contributed by atoms with E-state index in [1.807, 2.05) is 0 Å². The van der Waals surface area contributed by atoms with Crippen LogP contribution in [-0.2, 0) is 44.4 Å². The van der Waals surface area contributed by atoms with Crippen LogP contribution in [0, 0.1) is 5.92 Å². The Labute approximate surface area is 268 Å². The molecular weight excluding hydrogens is 632 g/mol.